The van der Waals surface area contributed by atoms with Crippen LogP contribution in [0, 0.1) is 0 Å². The van der Waals surface area contributed by atoms with Crippen LogP contribution < -0.4 is 0 Å². The van der Waals surface area contributed by atoms with E-state index in [2.05, 4.69) is 4.74 Å². The number of aliphatic hydroxyl groups is 4. The van der Waals surface area contributed by atoms with Crippen LogP contribution in [0.3, 0.4) is 0 Å². The highest BCUT2D eigenvalue weighted by Crippen LogP contribution is 2.20. The Morgan fingerprint density at radius 3 is 2.08 bits per heavy atom. The molecule has 0 aliphatic carbocycles. The van der Waals surface area contributed by atoms with Crippen LogP contribution in [0.4, 0.5) is 0 Å². The fraction of sp³-hybridized carbons (Fsp3) is 0.857. The average Bonchev–Trinajstić information content (AvgIpc) is 2.07. The summed E-state index contributed by atoms with van der Waals surface area (Å²) in [4.78, 5) is 10.8. The predicted molar refractivity (Wildman–Crippen MR) is 39.6 cm³/mol. The van der Waals surface area contributed by atoms with Gasteiger partial charge >= 0.3 is 0 Å². The maximum Gasteiger partial charge on any atom is 0.184 e. The fourth-order valence-electron chi connectivity index (χ4n) is 1.20. The first-order valence-electron chi connectivity index (χ1n) is 3.83. The molecule has 1 rings (SSSR count). The summed E-state index contributed by atoms with van der Waals surface area (Å²) >= 11 is 0. The number of carbonyl (C=O) groups excluding carboxylic acids is 1. The molecule has 0 amide bonds. The lowest BCUT2D eigenvalue weighted by Crippen LogP contribution is -2.59. The van der Waals surface area contributed by atoms with Gasteiger partial charge in [0.05, 0.1) is 0 Å². The number of ether oxygens (including phenoxy) is 1. The normalized spacial score (nSPS) is 46.1. The van der Waals surface area contributed by atoms with Crippen LogP contribution >= 0.6 is 0 Å². The number of ketones is 1. The van der Waals surface area contributed by atoms with Gasteiger partial charge in [0.25, 0.3) is 0 Å². The molecule has 0 aromatic rings. The van der Waals surface area contributed by atoms with Gasteiger partial charge in [-0.2, -0.15) is 0 Å². The van der Waals surface area contributed by atoms with E-state index in [1.54, 1.807) is 0 Å². The summed E-state index contributed by atoms with van der Waals surface area (Å²) in [5.41, 5.74) is 0. The summed E-state index contributed by atoms with van der Waals surface area (Å²) in [6.45, 7) is 1.16. The van der Waals surface area contributed by atoms with E-state index in [0.29, 0.717) is 0 Å². The number of hydrogen-bond donors (Lipinski definition) is 4. The minimum Gasteiger partial charge on any atom is -0.387 e. The van der Waals surface area contributed by atoms with E-state index in [1.807, 2.05) is 0 Å². The van der Waals surface area contributed by atoms with Gasteiger partial charge in [-0.05, 0) is 6.92 Å². The van der Waals surface area contributed by atoms with Crippen LogP contribution in [-0.4, -0.2) is 56.9 Å². The van der Waals surface area contributed by atoms with E-state index >= 15 is 0 Å². The third kappa shape index (κ3) is 1.87. The van der Waals surface area contributed by atoms with Crippen LogP contribution in [0.5, 0.6) is 0 Å². The second-order valence-electron chi connectivity index (χ2n) is 3.03. The molecule has 0 radical (unpaired) electrons. The summed E-state index contributed by atoms with van der Waals surface area (Å²) in [5.74, 6) is -0.516. The Labute approximate surface area is 74.4 Å². The van der Waals surface area contributed by atoms with Gasteiger partial charge < -0.3 is 25.2 Å². The maximum atomic E-state index is 10.8. The predicted octanol–water partition coefficient (Wildman–Crippen LogP) is -2.62. The third-order valence-electron chi connectivity index (χ3n) is 1.99. The van der Waals surface area contributed by atoms with E-state index in [4.69, 9.17) is 15.3 Å². The van der Waals surface area contributed by atoms with Crippen LogP contribution in [0.25, 0.3) is 0 Å². The number of Topliss-reactive ketones (excluding diaryl/α,β-unsaturated/α-hetero) is 1. The van der Waals surface area contributed by atoms with Crippen LogP contribution in [0.1, 0.15) is 6.92 Å². The molecule has 0 aromatic heterocycles. The Kier molecular flexibility index (Phi) is 2.99. The summed E-state index contributed by atoms with van der Waals surface area (Å²) in [6.07, 6.45) is -7.60. The zero-order valence-corrected chi connectivity index (χ0v) is 6.99. The molecule has 1 saturated heterocycles. The lowest BCUT2D eigenvalue weighted by molar-refractivity contribution is -0.274. The summed E-state index contributed by atoms with van der Waals surface area (Å²) in [5, 5.41) is 36.4. The molecule has 13 heavy (non-hydrogen) atoms. The van der Waals surface area contributed by atoms with Crippen molar-refractivity contribution >= 4 is 5.78 Å². The first-order valence-corrected chi connectivity index (χ1v) is 3.83. The largest absolute Gasteiger partial charge is 0.387 e. The Bertz CT molecular complexity index is 205. The standard InChI is InChI=1S/C7H12O6/c1-2(8)6-4(10)3(9)5(11)7(12)13-6/h3-7,9-12H,1H3/t3-,4+,5-,6+,7+/m0/s1. The molecule has 4 N–H and O–H groups in total. The summed E-state index contributed by atoms with van der Waals surface area (Å²) < 4.78 is 4.59. The van der Waals surface area contributed by atoms with Crippen molar-refractivity contribution in [2.24, 2.45) is 0 Å². The van der Waals surface area contributed by atoms with Gasteiger partial charge in [-0.15, -0.1) is 0 Å². The second kappa shape index (κ2) is 3.69. The highest BCUT2D eigenvalue weighted by Gasteiger charge is 2.44. The minimum atomic E-state index is -1.65. The maximum absolute atomic E-state index is 10.8. The van der Waals surface area contributed by atoms with Crippen LogP contribution in [-0.2, 0) is 9.53 Å². The van der Waals surface area contributed by atoms with Crippen molar-refractivity contribution in [3.8, 4) is 0 Å². The van der Waals surface area contributed by atoms with E-state index in [1.165, 1.54) is 0 Å². The van der Waals surface area contributed by atoms with E-state index in [9.17, 15) is 9.90 Å². The molecule has 1 heterocycles. The van der Waals surface area contributed by atoms with Gasteiger partial charge in [-0.25, -0.2) is 0 Å². The Morgan fingerprint density at radius 2 is 1.62 bits per heavy atom. The fourth-order valence-corrected chi connectivity index (χ4v) is 1.20. The molecule has 1 aliphatic heterocycles. The van der Waals surface area contributed by atoms with Gasteiger partial charge in [0.15, 0.2) is 12.1 Å². The minimum absolute atomic E-state index is 0.516. The molecule has 0 saturated carbocycles. The van der Waals surface area contributed by atoms with Crippen molar-refractivity contribution in [2.45, 2.75) is 37.6 Å². The summed E-state index contributed by atoms with van der Waals surface area (Å²) in [7, 11) is 0. The molecular formula is C7H12O6. The number of carbonyl (C=O) groups is 1. The zero-order valence-electron chi connectivity index (χ0n) is 6.99. The zero-order chi connectivity index (χ0) is 10.2. The monoisotopic (exact) mass is 192 g/mol. The Balaban J connectivity index is 2.76. The van der Waals surface area contributed by atoms with Gasteiger partial charge in [0, 0.05) is 0 Å². The first kappa shape index (κ1) is 10.6. The highest BCUT2D eigenvalue weighted by atomic mass is 16.6. The average molecular weight is 192 g/mol. The van der Waals surface area contributed by atoms with Gasteiger partial charge in [-0.3, -0.25) is 4.79 Å². The number of rotatable bonds is 1. The molecule has 0 aromatic carbocycles. The van der Waals surface area contributed by atoms with Crippen molar-refractivity contribution in [1.82, 2.24) is 0 Å². The van der Waals surface area contributed by atoms with E-state index in [0.717, 1.165) is 6.92 Å². The van der Waals surface area contributed by atoms with Gasteiger partial charge in [0.1, 0.15) is 24.4 Å². The molecule has 6 nitrogen and oxygen atoms in total. The lowest BCUT2D eigenvalue weighted by Gasteiger charge is -2.37. The van der Waals surface area contributed by atoms with Gasteiger partial charge in [-0.1, -0.05) is 0 Å². The molecular weight excluding hydrogens is 180 g/mol. The van der Waals surface area contributed by atoms with E-state index < -0.39 is 36.5 Å². The van der Waals surface area contributed by atoms with E-state index in [-0.39, 0.29) is 0 Å². The topological polar surface area (TPSA) is 107 Å². The Hall–Kier alpha value is -0.530. The van der Waals surface area contributed by atoms with Crippen molar-refractivity contribution < 1.29 is 30.0 Å². The summed E-state index contributed by atoms with van der Waals surface area (Å²) in [6, 6.07) is 0. The van der Waals surface area contributed by atoms with Crippen molar-refractivity contribution in [2.75, 3.05) is 0 Å². The highest BCUT2D eigenvalue weighted by molar-refractivity contribution is 5.81. The molecule has 6 heteroatoms. The SMILES string of the molecule is CC(=O)[C@H]1O[C@@H](O)[C@@H](O)[C@@H](O)[C@H]1O. The number of hydrogen-bond acceptors (Lipinski definition) is 6. The molecule has 0 spiro atoms. The smallest absolute Gasteiger partial charge is 0.184 e. The van der Waals surface area contributed by atoms with Crippen molar-refractivity contribution in [3.05, 3.63) is 0 Å². The molecule has 1 aliphatic rings. The van der Waals surface area contributed by atoms with Crippen LogP contribution in [0.2, 0.25) is 0 Å². The lowest BCUT2D eigenvalue weighted by atomic mass is 9.97. The van der Waals surface area contributed by atoms with Gasteiger partial charge in [0.2, 0.25) is 0 Å². The molecule has 1 fully saturated rings. The molecule has 76 valence electrons. The quantitative estimate of drug-likeness (QED) is 0.362. The molecule has 0 unspecified atom stereocenters. The van der Waals surface area contributed by atoms with Crippen molar-refractivity contribution in [3.63, 3.8) is 0 Å². The molecule has 5 atom stereocenters. The third-order valence-corrected chi connectivity index (χ3v) is 1.99. The first-order chi connectivity index (χ1) is 5.95. The second-order valence-corrected chi connectivity index (χ2v) is 3.03. The van der Waals surface area contributed by atoms with Crippen molar-refractivity contribution in [1.29, 1.82) is 0 Å². The van der Waals surface area contributed by atoms with Crippen LogP contribution in [0.15, 0.2) is 0 Å². The number of aliphatic hydroxyl groups excluding tert-OH is 4. The molecule has 0 bridgehead atoms. The Morgan fingerprint density at radius 1 is 1.08 bits per heavy atom.